The van der Waals surface area contributed by atoms with Gasteiger partial charge in [0.1, 0.15) is 13.2 Å². The number of halogens is 1. The smallest absolute Gasteiger partial charge is 0.339 e. The van der Waals surface area contributed by atoms with Crippen LogP contribution >= 0.6 is 28.3 Å². The molecule has 2 amide bonds. The number of ether oxygens (including phenoxy) is 2. The number of carbonyl (C=O) groups is 1. The minimum Gasteiger partial charge on any atom is -0.486 e. The van der Waals surface area contributed by atoms with Crippen molar-refractivity contribution in [1.29, 1.82) is 0 Å². The number of carbonyl (C=O) groups excluding carboxylic acids is 1. The van der Waals surface area contributed by atoms with E-state index in [-0.39, 0.29) is 17.0 Å². The van der Waals surface area contributed by atoms with Crippen molar-refractivity contribution in [3.05, 3.63) is 71.4 Å². The summed E-state index contributed by atoms with van der Waals surface area (Å²) in [4.78, 5) is 12.8. The van der Waals surface area contributed by atoms with Crippen LogP contribution in [0.4, 0.5) is 10.5 Å². The van der Waals surface area contributed by atoms with Crippen molar-refractivity contribution >= 4 is 40.0 Å². The second kappa shape index (κ2) is 10.1. The third kappa shape index (κ3) is 4.92. The van der Waals surface area contributed by atoms with Crippen LogP contribution in [0.1, 0.15) is 0 Å². The lowest BCUT2D eigenvalue weighted by atomic mass is 10.1. The fraction of sp³-hybridized carbons (Fsp3) is 0.143. The Morgan fingerprint density at radius 1 is 1.17 bits per heavy atom. The van der Waals surface area contributed by atoms with E-state index in [0.29, 0.717) is 30.2 Å². The highest BCUT2D eigenvalue weighted by molar-refractivity contribution is 8.93. The molecule has 3 aromatic rings. The number of anilines is 1. The van der Waals surface area contributed by atoms with Crippen molar-refractivity contribution in [2.24, 2.45) is 5.10 Å². The van der Waals surface area contributed by atoms with Gasteiger partial charge in [0.05, 0.1) is 5.69 Å². The van der Waals surface area contributed by atoms with Crippen molar-refractivity contribution in [2.45, 2.75) is 6.54 Å². The molecule has 2 aromatic carbocycles. The monoisotopic (exact) mass is 488 g/mol. The van der Waals surface area contributed by atoms with Crippen LogP contribution in [0.5, 0.6) is 11.5 Å². The van der Waals surface area contributed by atoms with E-state index in [1.165, 1.54) is 11.3 Å². The largest absolute Gasteiger partial charge is 0.486 e. The maximum absolute atomic E-state index is 12.1. The lowest BCUT2D eigenvalue weighted by Gasteiger charge is -2.19. The molecule has 0 bridgehead atoms. The minimum atomic E-state index is -0.407. The second-order valence-corrected chi connectivity index (χ2v) is 7.04. The first-order chi connectivity index (χ1) is 14.2. The number of aromatic nitrogens is 1. The molecule has 1 aromatic heterocycles. The number of thiazole rings is 1. The Morgan fingerprint density at radius 2 is 1.93 bits per heavy atom. The fourth-order valence-electron chi connectivity index (χ4n) is 2.94. The van der Waals surface area contributed by atoms with E-state index in [2.05, 4.69) is 22.4 Å². The highest BCUT2D eigenvalue weighted by Crippen LogP contribution is 2.34. The van der Waals surface area contributed by atoms with Gasteiger partial charge in [-0.2, -0.15) is 0 Å². The molecule has 0 unspecified atom stereocenters. The number of amides is 2. The van der Waals surface area contributed by atoms with Crippen molar-refractivity contribution in [3.63, 3.8) is 0 Å². The first kappa shape index (κ1) is 21.7. The van der Waals surface area contributed by atoms with Crippen LogP contribution in [-0.2, 0) is 6.54 Å². The standard InChI is InChI=1S/C21H20N4O3S.BrH/c1-2-10-25-17(15-8-9-18-19(13-15)28-12-11-27-18)14-29-21(25)24-23-20(26)22-16-6-4-3-5-7-16;/h2-9,13-14H,1,10-12H2,(H2,22,23,26);1H/b24-21+;. The maximum Gasteiger partial charge on any atom is 0.339 e. The average Bonchev–Trinajstić information content (AvgIpc) is 3.15. The molecule has 156 valence electrons. The van der Waals surface area contributed by atoms with E-state index < -0.39 is 6.03 Å². The van der Waals surface area contributed by atoms with Crippen molar-refractivity contribution < 1.29 is 14.3 Å². The number of allylic oxidation sites excluding steroid dienone is 1. The average molecular weight is 489 g/mol. The molecule has 0 saturated carbocycles. The summed E-state index contributed by atoms with van der Waals surface area (Å²) in [5.41, 5.74) is 5.17. The highest BCUT2D eigenvalue weighted by atomic mass is 79.9. The molecular weight excluding hydrogens is 468 g/mol. The zero-order chi connectivity index (χ0) is 20.1. The van der Waals surface area contributed by atoms with Crippen molar-refractivity contribution in [3.8, 4) is 22.8 Å². The van der Waals surface area contributed by atoms with Crippen LogP contribution in [0, 0.1) is 0 Å². The van der Waals surface area contributed by atoms with Crippen LogP contribution in [0.3, 0.4) is 0 Å². The van der Waals surface area contributed by atoms with Gasteiger partial charge in [-0.15, -0.1) is 40.0 Å². The number of rotatable bonds is 5. The zero-order valence-corrected chi connectivity index (χ0v) is 18.6. The number of benzene rings is 2. The van der Waals surface area contributed by atoms with Gasteiger partial charge in [0.2, 0.25) is 4.80 Å². The third-order valence-corrected chi connectivity index (χ3v) is 5.10. The number of hydrogen-bond acceptors (Lipinski definition) is 5. The molecular formula is C21H21BrN4O3S. The molecule has 2 N–H and O–H groups in total. The Hall–Kier alpha value is -3.04. The van der Waals surface area contributed by atoms with E-state index in [1.54, 1.807) is 6.08 Å². The SMILES string of the molecule is Br.C=CCn1c(-c2ccc3c(c2)OCCO3)cs/c1=N/NC(=O)Nc1ccccc1. The minimum absolute atomic E-state index is 0. The summed E-state index contributed by atoms with van der Waals surface area (Å²) in [5.74, 6) is 1.47. The molecule has 4 rings (SSSR count). The quantitative estimate of drug-likeness (QED) is 0.413. The summed E-state index contributed by atoms with van der Waals surface area (Å²) in [7, 11) is 0. The van der Waals surface area contributed by atoms with E-state index in [9.17, 15) is 4.79 Å². The van der Waals surface area contributed by atoms with Gasteiger partial charge in [-0.1, -0.05) is 24.3 Å². The number of para-hydroxylation sites is 1. The Balaban J connectivity index is 0.00000256. The Morgan fingerprint density at radius 3 is 2.70 bits per heavy atom. The first-order valence-electron chi connectivity index (χ1n) is 9.09. The fourth-order valence-corrected chi connectivity index (χ4v) is 3.82. The molecule has 9 heteroatoms. The van der Waals surface area contributed by atoms with Gasteiger partial charge in [0.25, 0.3) is 0 Å². The second-order valence-electron chi connectivity index (χ2n) is 6.20. The van der Waals surface area contributed by atoms with Gasteiger partial charge >= 0.3 is 6.03 Å². The van der Waals surface area contributed by atoms with Crippen molar-refractivity contribution in [1.82, 2.24) is 9.99 Å². The summed E-state index contributed by atoms with van der Waals surface area (Å²) in [6.45, 7) is 5.47. The van der Waals surface area contributed by atoms with E-state index in [1.807, 2.05) is 58.5 Å². The highest BCUT2D eigenvalue weighted by Gasteiger charge is 2.15. The van der Waals surface area contributed by atoms with E-state index in [0.717, 1.165) is 22.8 Å². The summed E-state index contributed by atoms with van der Waals surface area (Å²) < 4.78 is 13.3. The maximum atomic E-state index is 12.1. The molecule has 7 nitrogen and oxygen atoms in total. The number of hydrogen-bond donors (Lipinski definition) is 2. The number of urea groups is 1. The molecule has 30 heavy (non-hydrogen) atoms. The summed E-state index contributed by atoms with van der Waals surface area (Å²) in [6.07, 6.45) is 1.79. The van der Waals surface area contributed by atoms with Gasteiger partial charge in [0.15, 0.2) is 11.5 Å². The first-order valence-corrected chi connectivity index (χ1v) is 9.97. The van der Waals surface area contributed by atoms with Gasteiger partial charge in [-0.25, -0.2) is 10.2 Å². The predicted octanol–water partition coefficient (Wildman–Crippen LogP) is 4.39. The van der Waals surface area contributed by atoms with Crippen LogP contribution < -0.4 is 25.0 Å². The van der Waals surface area contributed by atoms with Crippen LogP contribution in [0.15, 0.2) is 71.7 Å². The normalized spacial score (nSPS) is 12.6. The molecule has 2 heterocycles. The summed E-state index contributed by atoms with van der Waals surface area (Å²) in [6, 6.07) is 14.6. The van der Waals surface area contributed by atoms with Gasteiger partial charge in [-0.3, -0.25) is 0 Å². The lowest BCUT2D eigenvalue weighted by molar-refractivity contribution is 0.171. The van der Waals surface area contributed by atoms with E-state index in [4.69, 9.17) is 9.47 Å². The number of nitrogens with one attached hydrogen (secondary N) is 2. The molecule has 1 aliphatic heterocycles. The van der Waals surface area contributed by atoms with Gasteiger partial charge in [-0.05, 0) is 30.3 Å². The van der Waals surface area contributed by atoms with Gasteiger partial charge in [0, 0.05) is 23.2 Å². The topological polar surface area (TPSA) is 76.9 Å². The van der Waals surface area contributed by atoms with Crippen molar-refractivity contribution in [2.75, 3.05) is 18.5 Å². The predicted molar refractivity (Wildman–Crippen MR) is 123 cm³/mol. The molecule has 0 aliphatic carbocycles. The molecule has 0 radical (unpaired) electrons. The molecule has 0 saturated heterocycles. The molecule has 0 spiro atoms. The Kier molecular flexibility index (Phi) is 7.31. The summed E-state index contributed by atoms with van der Waals surface area (Å²) >= 11 is 1.43. The molecule has 0 atom stereocenters. The molecule has 1 aliphatic rings. The van der Waals surface area contributed by atoms with Crippen LogP contribution in [0.2, 0.25) is 0 Å². The lowest BCUT2D eigenvalue weighted by Crippen LogP contribution is -2.28. The third-order valence-electron chi connectivity index (χ3n) is 4.23. The van der Waals surface area contributed by atoms with Crippen LogP contribution in [-0.4, -0.2) is 23.8 Å². The Bertz CT molecular complexity index is 1100. The number of fused-ring (bicyclic) bond motifs is 1. The zero-order valence-electron chi connectivity index (χ0n) is 16.0. The number of nitrogens with zero attached hydrogens (tertiary/aromatic N) is 2. The Labute approximate surface area is 188 Å². The van der Waals surface area contributed by atoms with Gasteiger partial charge < -0.3 is 19.4 Å². The summed E-state index contributed by atoms with van der Waals surface area (Å²) in [5, 5.41) is 9.00. The molecule has 0 fully saturated rings. The van der Waals surface area contributed by atoms with E-state index >= 15 is 0 Å². The van der Waals surface area contributed by atoms with Crippen LogP contribution in [0.25, 0.3) is 11.3 Å².